The largest absolute Gasteiger partial charge is 0.491 e. The van der Waals surface area contributed by atoms with Crippen molar-refractivity contribution in [3.05, 3.63) is 18.5 Å². The molecule has 12 heavy (non-hydrogen) atoms. The predicted molar refractivity (Wildman–Crippen MR) is 32.5 cm³/mol. The van der Waals surface area contributed by atoms with Gasteiger partial charge >= 0.3 is 12.1 Å². The maximum absolute atomic E-state index is 11.6. The van der Waals surface area contributed by atoms with Crippen LogP contribution in [0, 0.1) is 0 Å². The van der Waals surface area contributed by atoms with E-state index in [1.807, 2.05) is 0 Å². The number of ether oxygens (including phenoxy) is 1. The topological polar surface area (TPSA) is 42.1 Å². The highest BCUT2D eigenvalue weighted by Gasteiger charge is 2.41. The zero-order valence-corrected chi connectivity index (χ0v) is 5.68. The fourth-order valence-corrected chi connectivity index (χ4v) is 0.537. The van der Waals surface area contributed by atoms with Gasteiger partial charge in [-0.25, -0.2) is 4.79 Å². The Labute approximate surface area is 65.1 Å². The lowest BCUT2D eigenvalue weighted by molar-refractivity contribution is -0.189. The van der Waals surface area contributed by atoms with Crippen molar-refractivity contribution in [1.29, 1.82) is 0 Å². The van der Waals surface area contributed by atoms with E-state index in [-0.39, 0.29) is 5.75 Å². The number of nitrogens with one attached hydrogen (secondary N) is 1. The lowest BCUT2D eigenvalue weighted by Crippen LogP contribution is -2.27. The van der Waals surface area contributed by atoms with Crippen LogP contribution in [0.3, 0.4) is 0 Å². The number of hydrogen-bond donors (Lipinski definition) is 1. The monoisotopic (exact) mass is 179 g/mol. The quantitative estimate of drug-likeness (QED) is 0.663. The summed E-state index contributed by atoms with van der Waals surface area (Å²) in [5, 5.41) is 0. The first-order chi connectivity index (χ1) is 5.50. The van der Waals surface area contributed by atoms with Crippen LogP contribution in [0.5, 0.6) is 5.75 Å². The number of esters is 1. The van der Waals surface area contributed by atoms with Gasteiger partial charge in [-0.1, -0.05) is 0 Å². The molecule has 1 N–H and O–H groups in total. The Bertz CT molecular complexity index is 265. The minimum Gasteiger partial charge on any atom is -0.418 e. The third-order valence-electron chi connectivity index (χ3n) is 1.01. The van der Waals surface area contributed by atoms with Gasteiger partial charge in [0.1, 0.15) is 5.75 Å². The number of aromatic nitrogens is 1. The number of hydrogen-bond acceptors (Lipinski definition) is 2. The highest BCUT2D eigenvalue weighted by Crippen LogP contribution is 2.18. The highest BCUT2D eigenvalue weighted by molar-refractivity contribution is 5.77. The highest BCUT2D eigenvalue weighted by atomic mass is 19.4. The van der Waals surface area contributed by atoms with E-state index in [1.165, 1.54) is 12.3 Å². The van der Waals surface area contributed by atoms with Gasteiger partial charge in [-0.3, -0.25) is 0 Å². The van der Waals surface area contributed by atoms with E-state index in [1.54, 1.807) is 0 Å². The van der Waals surface area contributed by atoms with Crippen LogP contribution in [0.4, 0.5) is 13.2 Å². The minimum absolute atomic E-state index is 0.155. The second-order valence-corrected chi connectivity index (χ2v) is 1.93. The smallest absolute Gasteiger partial charge is 0.418 e. The molecule has 6 heteroatoms. The molecule has 0 aromatic carbocycles. The molecule has 0 unspecified atom stereocenters. The van der Waals surface area contributed by atoms with Crippen molar-refractivity contribution in [3.63, 3.8) is 0 Å². The molecule has 0 atom stereocenters. The number of carbonyl (C=O) groups is 1. The van der Waals surface area contributed by atoms with Gasteiger partial charge in [0.05, 0.1) is 0 Å². The maximum atomic E-state index is 11.6. The first-order valence-electron chi connectivity index (χ1n) is 2.92. The average Bonchev–Trinajstić information content (AvgIpc) is 2.37. The second-order valence-electron chi connectivity index (χ2n) is 1.93. The third-order valence-corrected chi connectivity index (χ3v) is 1.01. The molecule has 3 nitrogen and oxygen atoms in total. The van der Waals surface area contributed by atoms with Crippen LogP contribution in [0.25, 0.3) is 0 Å². The Balaban J connectivity index is 2.60. The van der Waals surface area contributed by atoms with Crippen LogP contribution in [0.15, 0.2) is 18.5 Å². The van der Waals surface area contributed by atoms with Gasteiger partial charge in [0.25, 0.3) is 0 Å². The Morgan fingerprint density at radius 3 is 2.58 bits per heavy atom. The molecule has 0 aliphatic rings. The van der Waals surface area contributed by atoms with Crippen LogP contribution < -0.4 is 4.74 Å². The van der Waals surface area contributed by atoms with Crippen LogP contribution >= 0.6 is 0 Å². The summed E-state index contributed by atoms with van der Waals surface area (Å²) in [6.07, 6.45) is -2.46. The minimum atomic E-state index is -4.95. The molecule has 0 aliphatic carbocycles. The van der Waals surface area contributed by atoms with E-state index >= 15 is 0 Å². The summed E-state index contributed by atoms with van der Waals surface area (Å²) in [5.41, 5.74) is 0. The van der Waals surface area contributed by atoms with Crippen molar-refractivity contribution in [2.24, 2.45) is 0 Å². The number of aromatic amines is 1. The van der Waals surface area contributed by atoms with Gasteiger partial charge in [0.2, 0.25) is 0 Å². The van der Waals surface area contributed by atoms with E-state index in [9.17, 15) is 18.0 Å². The van der Waals surface area contributed by atoms with Gasteiger partial charge in [0, 0.05) is 12.4 Å². The summed E-state index contributed by atoms with van der Waals surface area (Å²) >= 11 is 0. The molecule has 0 fully saturated rings. The van der Waals surface area contributed by atoms with Gasteiger partial charge < -0.3 is 9.72 Å². The zero-order valence-electron chi connectivity index (χ0n) is 5.68. The molecule has 0 saturated carbocycles. The number of carbonyl (C=O) groups excluding carboxylic acids is 1. The van der Waals surface area contributed by atoms with Crippen molar-refractivity contribution < 1.29 is 22.7 Å². The molecule has 66 valence electrons. The predicted octanol–water partition coefficient (Wildman–Crippen LogP) is 1.48. The lowest BCUT2D eigenvalue weighted by Gasteiger charge is -2.03. The van der Waals surface area contributed by atoms with Crippen molar-refractivity contribution >= 4 is 5.97 Å². The normalized spacial score (nSPS) is 11.2. The Morgan fingerprint density at radius 1 is 1.50 bits per heavy atom. The van der Waals surface area contributed by atoms with Gasteiger partial charge in [-0.2, -0.15) is 13.2 Å². The molecule has 1 heterocycles. The molecule has 0 spiro atoms. The molecule has 1 rings (SSSR count). The molecule has 0 saturated heterocycles. The average molecular weight is 179 g/mol. The van der Waals surface area contributed by atoms with Crippen LogP contribution in [-0.4, -0.2) is 17.1 Å². The van der Waals surface area contributed by atoms with E-state index in [0.717, 1.165) is 6.20 Å². The number of H-pyrrole nitrogens is 1. The van der Waals surface area contributed by atoms with E-state index < -0.39 is 12.1 Å². The molecule has 0 radical (unpaired) electrons. The third kappa shape index (κ3) is 2.01. The second kappa shape index (κ2) is 2.88. The number of halogens is 3. The number of alkyl halides is 3. The summed E-state index contributed by atoms with van der Waals surface area (Å²) in [6, 6.07) is 1.21. The molecule has 0 bridgehead atoms. The van der Waals surface area contributed by atoms with Crippen molar-refractivity contribution in [3.8, 4) is 5.75 Å². The maximum Gasteiger partial charge on any atom is 0.491 e. The number of rotatable bonds is 1. The zero-order chi connectivity index (χ0) is 9.19. The standard InChI is InChI=1S/C6H4F3NO2/c7-6(8,9)5(11)12-4-1-2-10-3-4/h1-3,10H. The fourth-order valence-electron chi connectivity index (χ4n) is 0.537. The van der Waals surface area contributed by atoms with Crippen molar-refractivity contribution in [2.75, 3.05) is 0 Å². The van der Waals surface area contributed by atoms with Crippen LogP contribution in [0.2, 0.25) is 0 Å². The van der Waals surface area contributed by atoms with Crippen molar-refractivity contribution in [2.45, 2.75) is 6.18 Å². The SMILES string of the molecule is O=C(Oc1cc[nH]c1)C(F)(F)F. The summed E-state index contributed by atoms with van der Waals surface area (Å²) < 4.78 is 38.6. The Hall–Kier alpha value is -1.46. The molecule has 0 amide bonds. The molecular weight excluding hydrogens is 175 g/mol. The molecule has 1 aromatic heterocycles. The van der Waals surface area contributed by atoms with Crippen molar-refractivity contribution in [1.82, 2.24) is 4.98 Å². The van der Waals surface area contributed by atoms with Crippen LogP contribution in [-0.2, 0) is 4.79 Å². The van der Waals surface area contributed by atoms with E-state index in [0.29, 0.717) is 0 Å². The van der Waals surface area contributed by atoms with Crippen LogP contribution in [0.1, 0.15) is 0 Å². The Kier molecular flexibility index (Phi) is 2.07. The summed E-state index contributed by atoms with van der Waals surface area (Å²) in [6.45, 7) is 0. The molecular formula is C6H4F3NO2. The Morgan fingerprint density at radius 2 is 2.17 bits per heavy atom. The van der Waals surface area contributed by atoms with E-state index in [2.05, 4.69) is 9.72 Å². The van der Waals surface area contributed by atoms with Gasteiger partial charge in [-0.15, -0.1) is 0 Å². The fraction of sp³-hybridized carbons (Fsp3) is 0.167. The van der Waals surface area contributed by atoms with E-state index in [4.69, 9.17) is 0 Å². The summed E-state index contributed by atoms with van der Waals surface area (Å²) in [5.74, 6) is -2.38. The summed E-state index contributed by atoms with van der Waals surface area (Å²) in [4.78, 5) is 12.6. The van der Waals surface area contributed by atoms with Gasteiger partial charge in [0.15, 0.2) is 0 Å². The molecule has 1 aromatic rings. The molecule has 0 aliphatic heterocycles. The first-order valence-corrected chi connectivity index (χ1v) is 2.92. The summed E-state index contributed by atoms with van der Waals surface area (Å²) in [7, 11) is 0. The first kappa shape index (κ1) is 8.63. The lowest BCUT2D eigenvalue weighted by atomic mass is 10.6. The van der Waals surface area contributed by atoms with Gasteiger partial charge in [-0.05, 0) is 6.07 Å².